The summed E-state index contributed by atoms with van der Waals surface area (Å²) in [5.74, 6) is 0. The lowest BCUT2D eigenvalue weighted by Gasteiger charge is -2.00. The molecule has 2 aromatic rings. The van der Waals surface area contributed by atoms with E-state index in [-0.39, 0.29) is 0 Å². The summed E-state index contributed by atoms with van der Waals surface area (Å²) in [6.45, 7) is 3.87. The highest BCUT2D eigenvalue weighted by Crippen LogP contribution is 2.06. The molecule has 86 valence electrons. The summed E-state index contributed by atoms with van der Waals surface area (Å²) in [5.41, 5.74) is 2.07. The Hall–Kier alpha value is -1.78. The molecular weight excluding hydrogens is 202 g/mol. The van der Waals surface area contributed by atoms with Gasteiger partial charge in [0.05, 0.1) is 24.1 Å². The fraction of sp³-hybridized carbons (Fsp3) is 0.455. The second-order valence-corrected chi connectivity index (χ2v) is 3.83. The molecule has 0 spiro atoms. The summed E-state index contributed by atoms with van der Waals surface area (Å²) >= 11 is 0. The fourth-order valence-electron chi connectivity index (χ4n) is 1.56. The summed E-state index contributed by atoms with van der Waals surface area (Å²) in [7, 11) is 1.90. The molecule has 2 aromatic heterocycles. The van der Waals surface area contributed by atoms with E-state index in [9.17, 15) is 0 Å². The van der Waals surface area contributed by atoms with Crippen LogP contribution in [0.4, 0.5) is 5.69 Å². The molecule has 2 rings (SSSR count). The molecule has 0 fully saturated rings. The van der Waals surface area contributed by atoms with Crippen LogP contribution in [0, 0.1) is 0 Å². The maximum Gasteiger partial charge on any atom is 0.0815 e. The Bertz CT molecular complexity index is 443. The van der Waals surface area contributed by atoms with Gasteiger partial charge < -0.3 is 5.32 Å². The van der Waals surface area contributed by atoms with Gasteiger partial charge in [-0.1, -0.05) is 6.92 Å². The van der Waals surface area contributed by atoms with Gasteiger partial charge in [0.1, 0.15) is 0 Å². The molecule has 0 radical (unpaired) electrons. The number of hydrogen-bond donors (Lipinski definition) is 1. The van der Waals surface area contributed by atoms with Crippen molar-refractivity contribution < 1.29 is 0 Å². The van der Waals surface area contributed by atoms with Crippen LogP contribution in [-0.4, -0.2) is 19.6 Å². The number of aryl methyl sites for hydroxylation is 2. The van der Waals surface area contributed by atoms with Crippen LogP contribution in [0.3, 0.4) is 0 Å². The van der Waals surface area contributed by atoms with Gasteiger partial charge in [-0.05, 0) is 12.5 Å². The van der Waals surface area contributed by atoms with E-state index in [1.165, 1.54) is 0 Å². The summed E-state index contributed by atoms with van der Waals surface area (Å²) < 4.78 is 3.75. The Morgan fingerprint density at radius 3 is 3.00 bits per heavy atom. The van der Waals surface area contributed by atoms with Crippen molar-refractivity contribution in [3.63, 3.8) is 0 Å². The topological polar surface area (TPSA) is 47.7 Å². The van der Waals surface area contributed by atoms with E-state index < -0.39 is 0 Å². The van der Waals surface area contributed by atoms with Gasteiger partial charge in [0, 0.05) is 26.0 Å². The van der Waals surface area contributed by atoms with Crippen molar-refractivity contribution >= 4 is 5.69 Å². The van der Waals surface area contributed by atoms with E-state index in [0.29, 0.717) is 0 Å². The molecule has 0 saturated carbocycles. The molecule has 1 N–H and O–H groups in total. The van der Waals surface area contributed by atoms with Crippen molar-refractivity contribution in [1.82, 2.24) is 19.6 Å². The van der Waals surface area contributed by atoms with Gasteiger partial charge in [0.2, 0.25) is 0 Å². The number of anilines is 1. The number of nitrogens with zero attached hydrogens (tertiary/aromatic N) is 4. The second-order valence-electron chi connectivity index (χ2n) is 3.83. The highest BCUT2D eigenvalue weighted by Gasteiger charge is 1.99. The highest BCUT2D eigenvalue weighted by atomic mass is 15.3. The molecule has 5 heteroatoms. The molecular formula is C11H17N5. The monoisotopic (exact) mass is 219 g/mol. The molecule has 0 aromatic carbocycles. The predicted molar refractivity (Wildman–Crippen MR) is 63.1 cm³/mol. The maximum atomic E-state index is 4.45. The van der Waals surface area contributed by atoms with Crippen molar-refractivity contribution in [2.45, 2.75) is 26.4 Å². The average Bonchev–Trinajstić information content (AvgIpc) is 2.85. The quantitative estimate of drug-likeness (QED) is 0.831. The Morgan fingerprint density at radius 2 is 2.31 bits per heavy atom. The fourth-order valence-corrected chi connectivity index (χ4v) is 1.56. The largest absolute Gasteiger partial charge is 0.377 e. The molecule has 0 aliphatic rings. The third-order valence-corrected chi connectivity index (χ3v) is 2.33. The van der Waals surface area contributed by atoms with Gasteiger partial charge in [-0.3, -0.25) is 9.36 Å². The average molecular weight is 219 g/mol. The zero-order valence-corrected chi connectivity index (χ0v) is 9.72. The summed E-state index contributed by atoms with van der Waals surface area (Å²) in [5, 5.41) is 11.8. The van der Waals surface area contributed by atoms with E-state index in [2.05, 4.69) is 22.4 Å². The van der Waals surface area contributed by atoms with Crippen molar-refractivity contribution in [3.8, 4) is 0 Å². The van der Waals surface area contributed by atoms with Gasteiger partial charge in [-0.2, -0.15) is 10.2 Å². The Kier molecular flexibility index (Phi) is 3.24. The van der Waals surface area contributed by atoms with Gasteiger partial charge >= 0.3 is 0 Å². The maximum absolute atomic E-state index is 4.45. The number of hydrogen-bond acceptors (Lipinski definition) is 3. The smallest absolute Gasteiger partial charge is 0.0815 e. The summed E-state index contributed by atoms with van der Waals surface area (Å²) in [6, 6.07) is 2.04. The molecule has 0 aliphatic carbocycles. The summed E-state index contributed by atoms with van der Waals surface area (Å²) in [6.07, 6.45) is 6.88. The van der Waals surface area contributed by atoms with E-state index in [1.54, 1.807) is 4.68 Å². The lowest BCUT2D eigenvalue weighted by molar-refractivity contribution is 0.595. The van der Waals surface area contributed by atoms with Crippen molar-refractivity contribution in [2.24, 2.45) is 7.05 Å². The molecule has 0 saturated heterocycles. The minimum Gasteiger partial charge on any atom is -0.377 e. The van der Waals surface area contributed by atoms with Gasteiger partial charge in [-0.25, -0.2) is 0 Å². The van der Waals surface area contributed by atoms with Crippen LogP contribution in [0.15, 0.2) is 24.7 Å². The van der Waals surface area contributed by atoms with Crippen LogP contribution in [0.1, 0.15) is 19.0 Å². The minimum atomic E-state index is 0.738. The first-order chi connectivity index (χ1) is 7.78. The second kappa shape index (κ2) is 4.83. The standard InChI is InChI=1S/C11H17N5/c1-3-5-16-6-4-10(14-16)7-12-11-8-13-15(2)9-11/h4,6,8-9,12H,3,5,7H2,1-2H3. The zero-order chi connectivity index (χ0) is 11.4. The Morgan fingerprint density at radius 1 is 1.44 bits per heavy atom. The molecule has 0 atom stereocenters. The van der Waals surface area contributed by atoms with Crippen LogP contribution in [0.2, 0.25) is 0 Å². The summed E-state index contributed by atoms with van der Waals surface area (Å²) in [4.78, 5) is 0. The molecule has 5 nitrogen and oxygen atoms in total. The number of nitrogens with one attached hydrogen (secondary N) is 1. The first kappa shape index (κ1) is 10.7. The third-order valence-electron chi connectivity index (χ3n) is 2.33. The molecule has 2 heterocycles. The normalized spacial score (nSPS) is 10.6. The van der Waals surface area contributed by atoms with Gasteiger partial charge in [0.15, 0.2) is 0 Å². The molecule has 0 unspecified atom stereocenters. The predicted octanol–water partition coefficient (Wildman–Crippen LogP) is 1.64. The van der Waals surface area contributed by atoms with Gasteiger partial charge in [-0.15, -0.1) is 0 Å². The lowest BCUT2D eigenvalue weighted by Crippen LogP contribution is -2.02. The highest BCUT2D eigenvalue weighted by molar-refractivity contribution is 5.38. The minimum absolute atomic E-state index is 0.738. The first-order valence-corrected chi connectivity index (χ1v) is 5.53. The lowest BCUT2D eigenvalue weighted by atomic mass is 10.4. The Labute approximate surface area is 95.1 Å². The first-order valence-electron chi connectivity index (χ1n) is 5.53. The molecule has 16 heavy (non-hydrogen) atoms. The van der Waals surface area contributed by atoms with E-state index >= 15 is 0 Å². The van der Waals surface area contributed by atoms with Gasteiger partial charge in [0.25, 0.3) is 0 Å². The zero-order valence-electron chi connectivity index (χ0n) is 9.72. The van der Waals surface area contributed by atoms with Crippen molar-refractivity contribution in [2.75, 3.05) is 5.32 Å². The van der Waals surface area contributed by atoms with Crippen LogP contribution >= 0.6 is 0 Å². The van der Waals surface area contributed by atoms with E-state index in [4.69, 9.17) is 0 Å². The molecule has 0 bridgehead atoms. The van der Waals surface area contributed by atoms with Crippen LogP contribution in [0.5, 0.6) is 0 Å². The molecule has 0 aliphatic heterocycles. The SMILES string of the molecule is CCCn1ccc(CNc2cnn(C)c2)n1. The Balaban J connectivity index is 1.89. The third kappa shape index (κ3) is 2.62. The van der Waals surface area contributed by atoms with Crippen LogP contribution < -0.4 is 5.32 Å². The van der Waals surface area contributed by atoms with Crippen molar-refractivity contribution in [1.29, 1.82) is 0 Å². The number of aromatic nitrogens is 4. The van der Waals surface area contributed by atoms with E-state index in [1.807, 2.05) is 36.4 Å². The number of rotatable bonds is 5. The van der Waals surface area contributed by atoms with Crippen LogP contribution in [-0.2, 0) is 20.1 Å². The molecule has 0 amide bonds. The van der Waals surface area contributed by atoms with Crippen molar-refractivity contribution in [3.05, 3.63) is 30.4 Å². The van der Waals surface area contributed by atoms with Crippen LogP contribution in [0.25, 0.3) is 0 Å². The van der Waals surface area contributed by atoms with E-state index in [0.717, 1.165) is 30.9 Å².